The van der Waals surface area contributed by atoms with Gasteiger partial charge in [-0.05, 0) is 55.7 Å². The number of fused-ring (bicyclic) bond motifs is 1. The van der Waals surface area contributed by atoms with Crippen LogP contribution in [0, 0.1) is 32.1 Å². The Bertz CT molecular complexity index is 1800. The number of rotatable bonds is 12. The highest BCUT2D eigenvalue weighted by molar-refractivity contribution is 8.03. The first-order chi connectivity index (χ1) is 24.7. The van der Waals surface area contributed by atoms with Gasteiger partial charge in [0.25, 0.3) is 11.4 Å². The number of aliphatic hydroxyl groups excluding tert-OH is 1. The van der Waals surface area contributed by atoms with E-state index in [1.54, 1.807) is 9.80 Å². The average Bonchev–Trinajstić information content (AvgIpc) is 3.73. The molecule has 18 heteroatoms. The van der Waals surface area contributed by atoms with Crippen LogP contribution >= 0.6 is 11.8 Å². The number of non-ortho nitro benzene ring substituents is 2. The summed E-state index contributed by atoms with van der Waals surface area (Å²) in [5, 5.41) is 35.1. The number of urea groups is 1. The van der Waals surface area contributed by atoms with E-state index in [9.17, 15) is 44.5 Å². The summed E-state index contributed by atoms with van der Waals surface area (Å²) in [6.45, 7) is 5.82. The SMILES string of the molecule is C[C@@H]1CN(C[C@@H]2C[C@H](SC3=C(C(=O)OCc4ccc([N+](=O)[O-])cc4)N4C(=O)[C@H]([C@@H](C)O)[C@H]4[C@H]3C)CN2C(=O)OCc2ccc([N+](=O)[O-])cc2)C(=O)N1. The summed E-state index contributed by atoms with van der Waals surface area (Å²) in [7, 11) is 0. The van der Waals surface area contributed by atoms with E-state index in [-0.39, 0.29) is 66.6 Å². The predicted molar refractivity (Wildman–Crippen MR) is 184 cm³/mol. The molecule has 4 heterocycles. The minimum atomic E-state index is -0.955. The molecule has 6 rings (SSSR count). The third-order valence-electron chi connectivity index (χ3n) is 9.82. The number of amides is 4. The van der Waals surface area contributed by atoms with Crippen molar-refractivity contribution < 1.29 is 43.6 Å². The maximum Gasteiger partial charge on any atom is 0.410 e. The van der Waals surface area contributed by atoms with Crippen molar-refractivity contribution >= 4 is 47.1 Å². The Labute approximate surface area is 302 Å². The van der Waals surface area contributed by atoms with Crippen molar-refractivity contribution in [3.8, 4) is 0 Å². The lowest BCUT2D eigenvalue weighted by molar-refractivity contribution is -0.385. The zero-order valence-electron chi connectivity index (χ0n) is 28.6. The molecule has 17 nitrogen and oxygen atoms in total. The van der Waals surface area contributed by atoms with Crippen LogP contribution in [0.3, 0.4) is 0 Å². The quantitative estimate of drug-likeness (QED) is 0.138. The first-order valence-corrected chi connectivity index (χ1v) is 17.7. The standard InChI is InChI=1S/C34H38N6O11S/c1-18-13-36(33(44)35-18)14-25-12-26(15-37(25)34(45)51-17-22-6-10-24(11-7-22)40(48)49)52-30-19(2)28-27(20(3)41)31(42)38(28)29(30)32(43)50-16-21-4-8-23(9-5-21)39(46)47/h4-11,18-20,25-28,41H,12-17H2,1-3H3,(H,35,44)/t18-,19-,20-,25+,26+,27-,28-/m1/s1. The van der Waals surface area contributed by atoms with Gasteiger partial charge in [-0.3, -0.25) is 25.0 Å². The first kappa shape index (κ1) is 36.6. The van der Waals surface area contributed by atoms with Crippen LogP contribution in [0.4, 0.5) is 21.0 Å². The van der Waals surface area contributed by atoms with Crippen LogP contribution in [0.1, 0.15) is 38.3 Å². The molecule has 52 heavy (non-hydrogen) atoms. The Morgan fingerprint density at radius 2 is 1.54 bits per heavy atom. The number of benzene rings is 2. The summed E-state index contributed by atoms with van der Waals surface area (Å²) in [4.78, 5) is 79.4. The molecule has 276 valence electrons. The zero-order chi connectivity index (χ0) is 37.4. The fourth-order valence-electron chi connectivity index (χ4n) is 7.25. The summed E-state index contributed by atoms with van der Waals surface area (Å²) in [6.07, 6.45) is -1.16. The topological polar surface area (TPSA) is 215 Å². The molecule has 0 bridgehead atoms. The highest BCUT2D eigenvalue weighted by Crippen LogP contribution is 2.52. The maximum absolute atomic E-state index is 13.7. The summed E-state index contributed by atoms with van der Waals surface area (Å²) in [5.74, 6) is -2.23. The maximum atomic E-state index is 13.7. The fraction of sp³-hybridized carbons (Fsp3) is 0.471. The Balaban J connectivity index is 1.21. The Morgan fingerprint density at radius 3 is 2.06 bits per heavy atom. The molecule has 4 aliphatic heterocycles. The predicted octanol–water partition coefficient (Wildman–Crippen LogP) is 3.54. The van der Waals surface area contributed by atoms with E-state index in [4.69, 9.17) is 9.47 Å². The first-order valence-electron chi connectivity index (χ1n) is 16.8. The number of carbonyl (C=O) groups excluding carboxylic acids is 4. The molecule has 0 aromatic heterocycles. The molecule has 0 unspecified atom stereocenters. The Hall–Kier alpha value is -5.23. The number of β-lactam (4-membered cyclic amide) rings is 1. The molecule has 3 saturated heterocycles. The molecule has 4 aliphatic rings. The van der Waals surface area contributed by atoms with Gasteiger partial charge in [0.2, 0.25) is 5.91 Å². The largest absolute Gasteiger partial charge is 0.456 e. The third kappa shape index (κ3) is 7.25. The van der Waals surface area contributed by atoms with E-state index < -0.39 is 51.9 Å². The second-order valence-corrected chi connectivity index (χ2v) is 14.8. The summed E-state index contributed by atoms with van der Waals surface area (Å²) in [5.41, 5.74) is 0.920. The van der Waals surface area contributed by atoms with Gasteiger partial charge < -0.3 is 34.6 Å². The molecule has 0 saturated carbocycles. The molecular weight excluding hydrogens is 700 g/mol. The Morgan fingerprint density at radius 1 is 0.962 bits per heavy atom. The van der Waals surface area contributed by atoms with Crippen molar-refractivity contribution in [3.63, 3.8) is 0 Å². The van der Waals surface area contributed by atoms with Crippen LogP contribution in [0.5, 0.6) is 0 Å². The summed E-state index contributed by atoms with van der Waals surface area (Å²) in [6, 6.07) is 9.95. The second-order valence-electron chi connectivity index (χ2n) is 13.5. The lowest BCUT2D eigenvalue weighted by atomic mass is 9.79. The van der Waals surface area contributed by atoms with Gasteiger partial charge in [-0.1, -0.05) is 6.92 Å². The zero-order valence-corrected chi connectivity index (χ0v) is 29.4. The molecule has 2 N–H and O–H groups in total. The fourth-order valence-corrected chi connectivity index (χ4v) is 8.81. The number of nitro groups is 2. The number of thioether (sulfide) groups is 1. The average molecular weight is 739 g/mol. The van der Waals surface area contributed by atoms with Gasteiger partial charge in [-0.2, -0.15) is 0 Å². The van der Waals surface area contributed by atoms with E-state index in [1.165, 1.54) is 72.1 Å². The number of aliphatic hydroxyl groups is 1. The van der Waals surface area contributed by atoms with Crippen LogP contribution in [0.2, 0.25) is 0 Å². The number of hydrogen-bond donors (Lipinski definition) is 2. The number of esters is 1. The normalized spacial score (nSPS) is 25.8. The molecule has 0 spiro atoms. The number of nitrogens with one attached hydrogen (secondary N) is 1. The molecule has 0 aliphatic carbocycles. The van der Waals surface area contributed by atoms with E-state index in [0.29, 0.717) is 29.0 Å². The van der Waals surface area contributed by atoms with Gasteiger partial charge in [0.05, 0.1) is 34.0 Å². The number of nitro benzene ring substituents is 2. The number of ether oxygens (including phenoxy) is 2. The van der Waals surface area contributed by atoms with Gasteiger partial charge in [-0.25, -0.2) is 14.4 Å². The van der Waals surface area contributed by atoms with Crippen LogP contribution in [-0.2, 0) is 32.3 Å². The van der Waals surface area contributed by atoms with Gasteiger partial charge in [0, 0.05) is 66.0 Å². The summed E-state index contributed by atoms with van der Waals surface area (Å²) >= 11 is 1.35. The molecular formula is C34H38N6O11S. The van der Waals surface area contributed by atoms with Crippen molar-refractivity contribution in [2.45, 2.75) is 69.9 Å². The van der Waals surface area contributed by atoms with E-state index >= 15 is 0 Å². The van der Waals surface area contributed by atoms with Crippen molar-refractivity contribution in [3.05, 3.63) is 90.5 Å². The van der Waals surface area contributed by atoms with Gasteiger partial charge in [0.1, 0.15) is 18.9 Å². The molecule has 2 aromatic rings. The van der Waals surface area contributed by atoms with E-state index in [1.807, 2.05) is 13.8 Å². The van der Waals surface area contributed by atoms with Gasteiger partial charge >= 0.3 is 18.1 Å². The minimum absolute atomic E-state index is 0.0646. The van der Waals surface area contributed by atoms with Crippen molar-refractivity contribution in [2.75, 3.05) is 19.6 Å². The Kier molecular flexibility index (Phi) is 10.4. The van der Waals surface area contributed by atoms with Crippen LogP contribution < -0.4 is 5.32 Å². The highest BCUT2D eigenvalue weighted by atomic mass is 32.2. The molecule has 7 atom stereocenters. The second kappa shape index (κ2) is 14.8. The third-order valence-corrected chi connectivity index (χ3v) is 11.3. The molecule has 3 fully saturated rings. The number of carbonyl (C=O) groups is 4. The minimum Gasteiger partial charge on any atom is -0.456 e. The van der Waals surface area contributed by atoms with Crippen molar-refractivity contribution in [2.24, 2.45) is 11.8 Å². The van der Waals surface area contributed by atoms with E-state index in [2.05, 4.69) is 5.32 Å². The molecule has 4 amide bonds. The van der Waals surface area contributed by atoms with Crippen LogP contribution in [0.25, 0.3) is 0 Å². The van der Waals surface area contributed by atoms with Gasteiger partial charge in [-0.15, -0.1) is 11.8 Å². The monoisotopic (exact) mass is 738 g/mol. The molecule has 0 radical (unpaired) electrons. The van der Waals surface area contributed by atoms with Crippen LogP contribution in [0.15, 0.2) is 59.1 Å². The van der Waals surface area contributed by atoms with Crippen molar-refractivity contribution in [1.29, 1.82) is 0 Å². The highest BCUT2D eigenvalue weighted by Gasteiger charge is 2.60. The van der Waals surface area contributed by atoms with Crippen LogP contribution in [-0.4, -0.2) is 103 Å². The molecule has 2 aromatic carbocycles. The number of nitrogens with zero attached hydrogens (tertiary/aromatic N) is 5. The summed E-state index contributed by atoms with van der Waals surface area (Å²) < 4.78 is 11.3. The van der Waals surface area contributed by atoms with E-state index in [0.717, 1.165) is 0 Å². The number of likely N-dealkylation sites (tertiary alicyclic amines) is 1. The van der Waals surface area contributed by atoms with Gasteiger partial charge in [0.15, 0.2) is 0 Å². The lowest BCUT2D eigenvalue weighted by Gasteiger charge is -2.46. The van der Waals surface area contributed by atoms with Crippen molar-refractivity contribution in [1.82, 2.24) is 20.0 Å². The number of hydrogen-bond acceptors (Lipinski definition) is 12. The smallest absolute Gasteiger partial charge is 0.410 e. The lowest BCUT2D eigenvalue weighted by Crippen LogP contribution is -2.63.